The zero-order valence-corrected chi connectivity index (χ0v) is 12.7. The van der Waals surface area contributed by atoms with Gasteiger partial charge in [-0.05, 0) is 54.5 Å². The van der Waals surface area contributed by atoms with Crippen LogP contribution in [0.3, 0.4) is 0 Å². The Morgan fingerprint density at radius 2 is 2.30 bits per heavy atom. The molecular weight excluding hydrogens is 266 g/mol. The number of carbonyl (C=O) groups excluding carboxylic acids is 1. The smallest absolute Gasteiger partial charge is 0.226 e. The highest BCUT2D eigenvalue weighted by molar-refractivity contribution is 7.10. The molecule has 4 rings (SSSR count). The second-order valence-corrected chi connectivity index (χ2v) is 7.39. The maximum Gasteiger partial charge on any atom is 0.226 e. The van der Waals surface area contributed by atoms with Gasteiger partial charge in [0.25, 0.3) is 0 Å². The quantitative estimate of drug-likeness (QED) is 0.758. The molecule has 0 unspecified atom stereocenters. The first-order valence-electron chi connectivity index (χ1n) is 7.83. The van der Waals surface area contributed by atoms with Gasteiger partial charge in [0.05, 0.1) is 6.04 Å². The van der Waals surface area contributed by atoms with Gasteiger partial charge >= 0.3 is 0 Å². The number of hydrogen-bond acceptors (Lipinski definition) is 2. The summed E-state index contributed by atoms with van der Waals surface area (Å²) < 4.78 is 0. The molecule has 1 amide bonds. The van der Waals surface area contributed by atoms with E-state index >= 15 is 0 Å². The van der Waals surface area contributed by atoms with Crippen molar-refractivity contribution in [2.45, 2.75) is 38.6 Å². The fourth-order valence-corrected chi connectivity index (χ4v) is 5.31. The number of fused-ring (bicyclic) bond motifs is 3. The Balaban J connectivity index is 1.59. The molecule has 1 aromatic rings. The lowest BCUT2D eigenvalue weighted by molar-refractivity contribution is -0.139. The lowest BCUT2D eigenvalue weighted by atomic mass is 9.89. The third-order valence-corrected chi connectivity index (χ3v) is 6.36. The maximum atomic E-state index is 13.0. The summed E-state index contributed by atoms with van der Waals surface area (Å²) in [5.74, 6) is 1.88. The molecule has 0 aromatic carbocycles. The first-order chi connectivity index (χ1) is 9.78. The normalized spacial score (nSPS) is 34.5. The molecule has 0 saturated heterocycles. The minimum absolute atomic E-state index is 0.263. The van der Waals surface area contributed by atoms with Crippen molar-refractivity contribution in [1.29, 1.82) is 0 Å². The van der Waals surface area contributed by atoms with E-state index in [0.717, 1.165) is 25.8 Å². The molecule has 1 fully saturated rings. The van der Waals surface area contributed by atoms with Crippen molar-refractivity contribution >= 4 is 17.2 Å². The number of carbonyl (C=O) groups is 1. The van der Waals surface area contributed by atoms with Crippen LogP contribution in [-0.4, -0.2) is 17.4 Å². The van der Waals surface area contributed by atoms with Gasteiger partial charge in [0, 0.05) is 17.3 Å². The summed E-state index contributed by atoms with van der Waals surface area (Å²) in [5.41, 5.74) is 1.41. The van der Waals surface area contributed by atoms with Crippen LogP contribution in [0.2, 0.25) is 0 Å². The fourth-order valence-electron chi connectivity index (χ4n) is 4.38. The Labute approximate surface area is 124 Å². The number of hydrogen-bond donors (Lipinski definition) is 0. The van der Waals surface area contributed by atoms with Crippen LogP contribution in [0.4, 0.5) is 0 Å². The van der Waals surface area contributed by atoms with Crippen LogP contribution in [0.25, 0.3) is 0 Å². The zero-order valence-electron chi connectivity index (χ0n) is 11.9. The third-order valence-electron chi connectivity index (χ3n) is 5.36. The van der Waals surface area contributed by atoms with E-state index in [0.29, 0.717) is 23.8 Å². The number of allylic oxidation sites excluding steroid dienone is 2. The van der Waals surface area contributed by atoms with Gasteiger partial charge in [-0.15, -0.1) is 11.3 Å². The van der Waals surface area contributed by atoms with E-state index in [1.165, 1.54) is 16.9 Å². The summed E-state index contributed by atoms with van der Waals surface area (Å²) >= 11 is 1.85. The second kappa shape index (κ2) is 4.73. The van der Waals surface area contributed by atoms with Gasteiger partial charge in [0.15, 0.2) is 0 Å². The fraction of sp³-hybridized carbons (Fsp3) is 0.588. The van der Waals surface area contributed by atoms with Crippen LogP contribution in [0.5, 0.6) is 0 Å². The van der Waals surface area contributed by atoms with Crippen molar-refractivity contribution < 1.29 is 4.79 Å². The van der Waals surface area contributed by atoms with Crippen LogP contribution in [0, 0.1) is 17.8 Å². The average Bonchev–Trinajstić information content (AvgIpc) is 3.20. The van der Waals surface area contributed by atoms with Gasteiger partial charge in [-0.1, -0.05) is 19.1 Å². The second-order valence-electron chi connectivity index (χ2n) is 6.39. The molecule has 3 aliphatic rings. The summed E-state index contributed by atoms with van der Waals surface area (Å²) in [6, 6.07) is 2.55. The van der Waals surface area contributed by atoms with Crippen molar-refractivity contribution in [2.75, 3.05) is 6.54 Å². The van der Waals surface area contributed by atoms with E-state index in [4.69, 9.17) is 0 Å². The average molecular weight is 287 g/mol. The molecule has 0 spiro atoms. The number of amides is 1. The van der Waals surface area contributed by atoms with E-state index in [1.807, 2.05) is 11.3 Å². The summed E-state index contributed by atoms with van der Waals surface area (Å²) in [4.78, 5) is 16.7. The lowest BCUT2D eigenvalue weighted by Crippen LogP contribution is -2.43. The monoisotopic (exact) mass is 287 g/mol. The molecule has 0 radical (unpaired) electrons. The lowest BCUT2D eigenvalue weighted by Gasteiger charge is -2.38. The molecule has 2 aliphatic carbocycles. The topological polar surface area (TPSA) is 20.3 Å². The van der Waals surface area contributed by atoms with E-state index in [9.17, 15) is 4.79 Å². The Morgan fingerprint density at radius 3 is 3.00 bits per heavy atom. The summed E-state index contributed by atoms with van der Waals surface area (Å²) in [7, 11) is 0. The number of nitrogens with zero attached hydrogens (tertiary/aromatic N) is 1. The first-order valence-corrected chi connectivity index (χ1v) is 8.71. The van der Waals surface area contributed by atoms with E-state index in [2.05, 4.69) is 35.4 Å². The largest absolute Gasteiger partial charge is 0.335 e. The van der Waals surface area contributed by atoms with Gasteiger partial charge in [-0.3, -0.25) is 4.79 Å². The summed E-state index contributed by atoms with van der Waals surface area (Å²) in [6.45, 7) is 3.13. The van der Waals surface area contributed by atoms with Crippen LogP contribution in [0.1, 0.15) is 42.7 Å². The van der Waals surface area contributed by atoms with Crippen molar-refractivity contribution in [3.8, 4) is 0 Å². The standard InChI is InChI=1S/C17H21NOS/c1-2-15-13-6-8-20-16(13)5-7-18(15)17(19)14-10-11-3-4-12(14)9-11/h3-4,6,8,11-12,14-15H,2,5,7,9-10H2,1H3/t11-,12-,14+,15-/m0/s1. The first kappa shape index (κ1) is 12.6. The molecule has 2 nitrogen and oxygen atoms in total. The highest BCUT2D eigenvalue weighted by atomic mass is 32.1. The summed E-state index contributed by atoms with van der Waals surface area (Å²) in [6.07, 6.45) is 8.99. The van der Waals surface area contributed by atoms with Gasteiger partial charge in [0.2, 0.25) is 5.91 Å². The van der Waals surface area contributed by atoms with Crippen LogP contribution in [-0.2, 0) is 11.2 Å². The third kappa shape index (κ3) is 1.79. The minimum atomic E-state index is 0.263. The van der Waals surface area contributed by atoms with Crippen molar-refractivity contribution in [2.24, 2.45) is 17.8 Å². The van der Waals surface area contributed by atoms with Crippen LogP contribution < -0.4 is 0 Å². The molecule has 1 aromatic heterocycles. The van der Waals surface area contributed by atoms with Gasteiger partial charge in [0.1, 0.15) is 0 Å². The van der Waals surface area contributed by atoms with Crippen molar-refractivity contribution in [1.82, 2.24) is 4.90 Å². The Bertz CT molecular complexity index is 561. The predicted octanol–water partition coefficient (Wildman–Crippen LogP) is 3.80. The van der Waals surface area contributed by atoms with E-state index < -0.39 is 0 Å². The van der Waals surface area contributed by atoms with Gasteiger partial charge in [-0.2, -0.15) is 0 Å². The Kier molecular flexibility index (Phi) is 2.99. The molecule has 20 heavy (non-hydrogen) atoms. The van der Waals surface area contributed by atoms with Crippen LogP contribution >= 0.6 is 11.3 Å². The molecule has 106 valence electrons. The zero-order chi connectivity index (χ0) is 13.7. The molecule has 4 atom stereocenters. The molecular formula is C17H21NOS. The van der Waals surface area contributed by atoms with E-state index in [1.54, 1.807) is 0 Å². The van der Waals surface area contributed by atoms with Gasteiger partial charge < -0.3 is 4.90 Å². The van der Waals surface area contributed by atoms with Crippen molar-refractivity contribution in [3.63, 3.8) is 0 Å². The molecule has 2 bridgehead atoms. The Morgan fingerprint density at radius 1 is 1.40 bits per heavy atom. The maximum absolute atomic E-state index is 13.0. The molecule has 1 aliphatic heterocycles. The predicted molar refractivity (Wildman–Crippen MR) is 81.6 cm³/mol. The van der Waals surface area contributed by atoms with E-state index in [-0.39, 0.29) is 5.92 Å². The molecule has 2 heterocycles. The van der Waals surface area contributed by atoms with Gasteiger partial charge in [-0.25, -0.2) is 0 Å². The molecule has 1 saturated carbocycles. The SMILES string of the molecule is CC[C@H]1c2ccsc2CCN1C(=O)[C@@H]1C[C@H]2C=C[C@H]1C2. The molecule has 3 heteroatoms. The van der Waals surface area contributed by atoms with Crippen molar-refractivity contribution in [3.05, 3.63) is 34.0 Å². The summed E-state index contributed by atoms with van der Waals surface area (Å²) in [5, 5.41) is 2.18. The highest BCUT2D eigenvalue weighted by Crippen LogP contribution is 2.46. The minimum Gasteiger partial charge on any atom is -0.335 e. The number of rotatable bonds is 2. The van der Waals surface area contributed by atoms with Crippen LogP contribution in [0.15, 0.2) is 23.6 Å². The number of thiophene rings is 1. The molecule has 0 N–H and O–H groups in total. The highest BCUT2D eigenvalue weighted by Gasteiger charge is 2.43. The Hall–Kier alpha value is -1.09.